The van der Waals surface area contributed by atoms with E-state index in [4.69, 9.17) is 37.9 Å². The number of hydrogen-bond donors (Lipinski definition) is 2. The Kier molecular flexibility index (Phi) is 5.98. The van der Waals surface area contributed by atoms with Gasteiger partial charge < -0.3 is 48.1 Å². The molecule has 3 aliphatic carbocycles. The van der Waals surface area contributed by atoms with Gasteiger partial charge in [0.05, 0.1) is 44.9 Å². The third-order valence-corrected chi connectivity index (χ3v) is 13.9. The molecule has 2 bridgehead atoms. The molecule has 4 saturated heterocycles. The van der Waals surface area contributed by atoms with Crippen LogP contribution in [0.5, 0.6) is 0 Å². The molecule has 12 nitrogen and oxygen atoms in total. The zero-order valence-corrected chi connectivity index (χ0v) is 26.9. The molecule has 15 atom stereocenters. The number of rotatable bonds is 4. The Morgan fingerprint density at radius 2 is 1.87 bits per heavy atom. The maximum Gasteiger partial charge on any atom is 0.366 e. The molecule has 3 saturated carbocycles. The van der Waals surface area contributed by atoms with Crippen LogP contribution in [0.2, 0.25) is 0 Å². The maximum absolute atomic E-state index is 13.9. The van der Waals surface area contributed by atoms with Crippen LogP contribution in [0, 0.1) is 34.0 Å². The molecule has 1 spiro atoms. The molecule has 5 aliphatic heterocycles. The fraction of sp³-hybridized carbons (Fsp3) is 0.818. The molecule has 0 amide bonds. The van der Waals surface area contributed by atoms with Crippen LogP contribution >= 0.6 is 0 Å². The first-order chi connectivity index (χ1) is 21.2. The number of hydrogen-bond acceptors (Lipinski definition) is 12. The Hall–Kier alpha value is -2.06. The van der Waals surface area contributed by atoms with Crippen molar-refractivity contribution < 1.29 is 57.7 Å². The highest BCUT2D eigenvalue weighted by Crippen LogP contribution is 2.80. The van der Waals surface area contributed by atoms with Crippen LogP contribution in [0.25, 0.3) is 0 Å². The van der Waals surface area contributed by atoms with Gasteiger partial charge in [0.15, 0.2) is 5.60 Å². The van der Waals surface area contributed by atoms with Crippen molar-refractivity contribution in [2.75, 3.05) is 27.4 Å². The summed E-state index contributed by atoms with van der Waals surface area (Å²) >= 11 is 0. The van der Waals surface area contributed by atoms with Crippen LogP contribution in [0.4, 0.5) is 0 Å². The molecule has 2 N–H and O–H groups in total. The van der Waals surface area contributed by atoms with Crippen molar-refractivity contribution in [1.82, 2.24) is 0 Å². The smallest absolute Gasteiger partial charge is 0.366 e. The molecule has 0 aromatic carbocycles. The van der Waals surface area contributed by atoms with Gasteiger partial charge in [-0.3, -0.25) is 0 Å². The number of carbonyl (C=O) groups excluding carboxylic acids is 2. The van der Waals surface area contributed by atoms with E-state index in [0.29, 0.717) is 24.8 Å². The first-order valence-corrected chi connectivity index (χ1v) is 16.0. The largest absolute Gasteiger partial charge is 0.469 e. The van der Waals surface area contributed by atoms with E-state index in [2.05, 4.69) is 6.92 Å². The first kappa shape index (κ1) is 30.3. The molecule has 45 heavy (non-hydrogen) atoms. The summed E-state index contributed by atoms with van der Waals surface area (Å²) in [5.74, 6) is -4.66. The van der Waals surface area contributed by atoms with Gasteiger partial charge in [-0.2, -0.15) is 0 Å². The number of allylic oxidation sites excluding steroid dienone is 1. The quantitative estimate of drug-likeness (QED) is 0.344. The lowest BCUT2D eigenvalue weighted by Gasteiger charge is -2.64. The SMILES string of the molecule is C/C=C(\C)C(=O)O[C@@H]1CC[C@]23CO[C@](OC)(C(=O)OC)[C@H]2[C@@]2(C)[C@H](O[C@]4(C)[C@H]5C[C@H](O[C@H]6OC=C[C@]65O)[C@]24O)[C@@H]2OC[C@@]1(C)[C@H]23. The average Bonchev–Trinajstić information content (AvgIpc) is 3.77. The molecule has 0 aromatic heterocycles. The molecular weight excluding hydrogens is 588 g/mol. The first-order valence-electron chi connectivity index (χ1n) is 16.0. The second-order valence-electron chi connectivity index (χ2n) is 15.2. The topological polar surface area (TPSA) is 148 Å². The van der Waals surface area contributed by atoms with Crippen LogP contribution in [-0.2, 0) is 47.5 Å². The lowest BCUT2D eigenvalue weighted by molar-refractivity contribution is -0.309. The van der Waals surface area contributed by atoms with Crippen LogP contribution in [-0.4, -0.2) is 103 Å². The normalized spacial score (nSPS) is 58.2. The summed E-state index contributed by atoms with van der Waals surface area (Å²) in [4.78, 5) is 27.0. The van der Waals surface area contributed by atoms with Gasteiger partial charge in [-0.05, 0) is 46.1 Å². The Bertz CT molecular complexity index is 1410. The fourth-order valence-corrected chi connectivity index (χ4v) is 12.0. The molecule has 7 fully saturated rings. The van der Waals surface area contributed by atoms with Crippen molar-refractivity contribution in [3.63, 3.8) is 0 Å². The molecule has 8 rings (SSSR count). The van der Waals surface area contributed by atoms with E-state index < -0.39 is 87.3 Å². The lowest BCUT2D eigenvalue weighted by atomic mass is 9.38. The minimum atomic E-state index is -1.88. The number of carbonyl (C=O) groups is 2. The summed E-state index contributed by atoms with van der Waals surface area (Å²) in [6.45, 7) is 9.77. The van der Waals surface area contributed by atoms with E-state index in [1.165, 1.54) is 20.5 Å². The van der Waals surface area contributed by atoms with Crippen molar-refractivity contribution in [2.45, 2.75) is 107 Å². The highest BCUT2D eigenvalue weighted by Gasteiger charge is 2.92. The third-order valence-electron chi connectivity index (χ3n) is 13.9. The summed E-state index contributed by atoms with van der Waals surface area (Å²) in [6, 6.07) is 0. The molecular formula is C33H44O12. The predicted molar refractivity (Wildman–Crippen MR) is 152 cm³/mol. The molecule has 0 radical (unpaired) electrons. The van der Waals surface area contributed by atoms with Crippen LogP contribution in [0.3, 0.4) is 0 Å². The average molecular weight is 633 g/mol. The Balaban J connectivity index is 1.33. The Labute approximate surface area is 262 Å². The second kappa shape index (κ2) is 8.89. The zero-order chi connectivity index (χ0) is 32.2. The standard InChI is InChI=1S/C33H44O12/c1-8-16(2)23(34)43-18-9-10-30-15-42-32(39-7,25(35)38-6)24(30)28(4)22(20-21(30)27(18,3)14-41-20)45-29(5)17-13-19(33(28,29)37)44-26-31(17,36)11-12-40-26/h8,11-12,17-22,24,26,36-37H,9-10,13-15H2,1-7H3/b16-8+/t17-,18-,19+,20-,21+,22-,24+,26-,27-,28-,29-,30-,31-,32+,33+/m1/s1. The van der Waals surface area contributed by atoms with Crippen molar-refractivity contribution in [1.29, 1.82) is 0 Å². The maximum atomic E-state index is 13.9. The zero-order valence-electron chi connectivity index (χ0n) is 26.9. The fourth-order valence-electron chi connectivity index (χ4n) is 12.0. The lowest BCUT2D eigenvalue weighted by Crippen LogP contribution is -2.76. The van der Waals surface area contributed by atoms with Gasteiger partial charge in [0.25, 0.3) is 5.79 Å². The molecule has 12 heteroatoms. The number of ether oxygens (including phenoxy) is 8. The highest BCUT2D eigenvalue weighted by atomic mass is 16.7. The van der Waals surface area contributed by atoms with Crippen molar-refractivity contribution >= 4 is 11.9 Å². The summed E-state index contributed by atoms with van der Waals surface area (Å²) in [6.07, 6.45) is 2.45. The van der Waals surface area contributed by atoms with Gasteiger partial charge in [0, 0.05) is 46.7 Å². The number of fused-ring (bicyclic) bond motifs is 11. The van der Waals surface area contributed by atoms with Gasteiger partial charge in [-0.15, -0.1) is 0 Å². The molecule has 8 aliphatic rings. The van der Waals surface area contributed by atoms with Gasteiger partial charge in [0.1, 0.15) is 17.3 Å². The summed E-state index contributed by atoms with van der Waals surface area (Å²) in [7, 11) is 2.72. The van der Waals surface area contributed by atoms with E-state index in [9.17, 15) is 19.8 Å². The van der Waals surface area contributed by atoms with E-state index in [1.54, 1.807) is 26.0 Å². The monoisotopic (exact) mass is 632 g/mol. The van der Waals surface area contributed by atoms with Gasteiger partial charge in [0.2, 0.25) is 6.29 Å². The Morgan fingerprint density at radius 3 is 2.56 bits per heavy atom. The number of esters is 2. The minimum Gasteiger partial charge on any atom is -0.469 e. The van der Waals surface area contributed by atoms with Gasteiger partial charge in [-0.1, -0.05) is 19.9 Å². The highest BCUT2D eigenvalue weighted by molar-refractivity contribution is 5.87. The predicted octanol–water partition coefficient (Wildman–Crippen LogP) is 1.76. The van der Waals surface area contributed by atoms with E-state index in [-0.39, 0.29) is 25.1 Å². The molecule has 0 unspecified atom stereocenters. The molecule has 0 aromatic rings. The minimum absolute atomic E-state index is 0.137. The van der Waals surface area contributed by atoms with E-state index >= 15 is 0 Å². The van der Waals surface area contributed by atoms with E-state index in [1.807, 2.05) is 13.8 Å². The number of methoxy groups -OCH3 is 2. The van der Waals surface area contributed by atoms with Gasteiger partial charge in [-0.25, -0.2) is 9.59 Å². The summed E-state index contributed by atoms with van der Waals surface area (Å²) < 4.78 is 50.1. The van der Waals surface area contributed by atoms with Crippen LogP contribution in [0.15, 0.2) is 24.0 Å². The third kappa shape index (κ3) is 2.98. The second-order valence-corrected chi connectivity index (χ2v) is 15.2. The van der Waals surface area contributed by atoms with Gasteiger partial charge >= 0.3 is 11.9 Å². The van der Waals surface area contributed by atoms with Crippen molar-refractivity contribution in [3.05, 3.63) is 24.0 Å². The molecule has 5 heterocycles. The van der Waals surface area contributed by atoms with E-state index in [0.717, 1.165) is 0 Å². The summed E-state index contributed by atoms with van der Waals surface area (Å²) in [5.41, 5.74) is -6.81. The summed E-state index contributed by atoms with van der Waals surface area (Å²) in [5, 5.41) is 25.3. The Morgan fingerprint density at radius 1 is 1.11 bits per heavy atom. The van der Waals surface area contributed by atoms with Crippen LogP contribution < -0.4 is 0 Å². The van der Waals surface area contributed by atoms with Crippen molar-refractivity contribution in [2.24, 2.45) is 34.0 Å². The molecule has 248 valence electrons. The van der Waals surface area contributed by atoms with Crippen molar-refractivity contribution in [3.8, 4) is 0 Å². The number of aliphatic hydroxyl groups is 2. The van der Waals surface area contributed by atoms with Crippen LogP contribution in [0.1, 0.15) is 53.9 Å².